The van der Waals surface area contributed by atoms with E-state index < -0.39 is 7.60 Å². The van der Waals surface area contributed by atoms with Crippen LogP contribution >= 0.6 is 19.4 Å². The molecule has 0 aliphatic heterocycles. The number of thioether (sulfide) groups is 1. The Balaban J connectivity index is 1.76. The lowest BCUT2D eigenvalue weighted by atomic mass is 10.2. The number of para-hydroxylation sites is 2. The molecule has 0 spiro atoms. The summed E-state index contributed by atoms with van der Waals surface area (Å²) in [4.78, 5) is 1.82. The van der Waals surface area contributed by atoms with E-state index in [0.29, 0.717) is 11.5 Å². The van der Waals surface area contributed by atoms with Gasteiger partial charge in [0.2, 0.25) is 0 Å². The van der Waals surface area contributed by atoms with Crippen LogP contribution in [0.5, 0.6) is 11.5 Å². The molecule has 0 aliphatic rings. The van der Waals surface area contributed by atoms with Crippen molar-refractivity contribution in [1.82, 2.24) is 0 Å². The van der Waals surface area contributed by atoms with Crippen LogP contribution in [0.25, 0.3) is 4.91 Å². The fourth-order valence-corrected chi connectivity index (χ4v) is 5.66. The Bertz CT molecular complexity index is 1120. The van der Waals surface area contributed by atoms with Gasteiger partial charge in [-0.3, -0.25) is 0 Å². The first-order valence-corrected chi connectivity index (χ1v) is 12.2. The summed E-state index contributed by atoms with van der Waals surface area (Å²) in [5, 5.41) is 0. The molecule has 0 heterocycles. The number of hydrogen-bond acceptors (Lipinski definition) is 4. The van der Waals surface area contributed by atoms with Crippen molar-refractivity contribution in [2.24, 2.45) is 0 Å². The summed E-state index contributed by atoms with van der Waals surface area (Å²) in [5.74, 6) is 2.57. The van der Waals surface area contributed by atoms with E-state index in [1.807, 2.05) is 97.1 Å². The molecule has 31 heavy (non-hydrogen) atoms. The van der Waals surface area contributed by atoms with Crippen molar-refractivity contribution in [2.45, 2.75) is 4.90 Å². The van der Waals surface area contributed by atoms with E-state index in [4.69, 9.17) is 9.05 Å². The second-order valence-corrected chi connectivity index (χ2v) is 9.44. The molecule has 0 aliphatic carbocycles. The van der Waals surface area contributed by atoms with E-state index >= 15 is 0 Å². The van der Waals surface area contributed by atoms with Crippen LogP contribution in [0.3, 0.4) is 0 Å². The molecule has 4 aromatic carbocycles. The molecule has 3 nitrogen and oxygen atoms in total. The number of rotatable bonds is 8. The maximum absolute atomic E-state index is 14.0. The second-order valence-electron chi connectivity index (χ2n) is 6.62. The molecule has 4 aromatic rings. The summed E-state index contributed by atoms with van der Waals surface area (Å²) in [5.41, 5.74) is 0.935. The molecule has 0 amide bonds. The first kappa shape index (κ1) is 21.0. The van der Waals surface area contributed by atoms with Gasteiger partial charge in [0.15, 0.2) is 0 Å². The molecular weight excluding hydrogens is 423 g/mol. The zero-order valence-corrected chi connectivity index (χ0v) is 18.4. The van der Waals surface area contributed by atoms with Crippen molar-refractivity contribution in [1.29, 1.82) is 0 Å². The van der Waals surface area contributed by atoms with Gasteiger partial charge in [-0.25, -0.2) is 4.57 Å². The summed E-state index contributed by atoms with van der Waals surface area (Å²) in [6, 6.07) is 38.0. The minimum absolute atomic E-state index is 0.482. The molecule has 0 saturated heterocycles. The predicted molar refractivity (Wildman–Crippen MR) is 128 cm³/mol. The van der Waals surface area contributed by atoms with Crippen molar-refractivity contribution in [3.05, 3.63) is 133 Å². The van der Waals surface area contributed by atoms with Crippen LogP contribution in [-0.4, -0.2) is 0 Å². The van der Waals surface area contributed by atoms with E-state index in [9.17, 15) is 4.57 Å². The average molecular weight is 444 g/mol. The highest BCUT2D eigenvalue weighted by Crippen LogP contribution is 2.53. The Kier molecular flexibility index (Phi) is 6.93. The third-order valence-electron chi connectivity index (χ3n) is 4.26. The fourth-order valence-electron chi connectivity index (χ4n) is 2.85. The molecule has 5 heteroatoms. The summed E-state index contributed by atoms with van der Waals surface area (Å²) in [6.45, 7) is 0. The van der Waals surface area contributed by atoms with Gasteiger partial charge in [0.25, 0.3) is 0 Å². The van der Waals surface area contributed by atoms with Gasteiger partial charge in [-0.15, -0.1) is 0 Å². The van der Waals surface area contributed by atoms with Gasteiger partial charge in [0, 0.05) is 9.80 Å². The molecule has 154 valence electrons. The van der Waals surface area contributed by atoms with Gasteiger partial charge < -0.3 is 9.05 Å². The zero-order valence-electron chi connectivity index (χ0n) is 16.7. The van der Waals surface area contributed by atoms with E-state index in [2.05, 4.69) is 0 Å². The Morgan fingerprint density at radius 3 is 1.52 bits per heavy atom. The van der Waals surface area contributed by atoms with Crippen molar-refractivity contribution in [3.63, 3.8) is 0 Å². The van der Waals surface area contributed by atoms with Crippen LogP contribution in [0.15, 0.2) is 132 Å². The standard InChI is InChI=1S/C26H21O3PS/c27-30(28-23-15-7-2-8-16-23,29-24-17-9-3-10-18-24)21-26(22-13-5-1-6-14-22)31-25-19-11-4-12-20-25/h1-21H/b26-21+. The largest absolute Gasteiger partial charge is 0.456 e. The third kappa shape index (κ3) is 6.14. The maximum Gasteiger partial charge on any atom is 0.456 e. The topological polar surface area (TPSA) is 35.5 Å². The monoisotopic (exact) mass is 444 g/mol. The van der Waals surface area contributed by atoms with Crippen LogP contribution < -0.4 is 9.05 Å². The van der Waals surface area contributed by atoms with Gasteiger partial charge in [-0.1, -0.05) is 96.7 Å². The van der Waals surface area contributed by atoms with E-state index in [1.165, 1.54) is 11.8 Å². The molecule has 4 rings (SSSR count). The SMILES string of the molecule is O=P(/C=C(/Sc1ccccc1)c1ccccc1)(Oc1ccccc1)Oc1ccccc1. The fraction of sp³-hybridized carbons (Fsp3) is 0. The quantitative estimate of drug-likeness (QED) is 0.203. The highest BCUT2D eigenvalue weighted by atomic mass is 32.2. The molecule has 0 radical (unpaired) electrons. The average Bonchev–Trinajstić information content (AvgIpc) is 2.81. The Morgan fingerprint density at radius 1 is 0.613 bits per heavy atom. The second kappa shape index (κ2) is 10.2. The maximum atomic E-state index is 14.0. The van der Waals surface area contributed by atoms with Crippen LogP contribution in [0.1, 0.15) is 5.56 Å². The molecule has 0 saturated carbocycles. The first-order valence-electron chi connectivity index (χ1n) is 9.80. The lowest BCUT2D eigenvalue weighted by molar-refractivity contribution is 0.398. The Labute approximate surface area is 186 Å². The van der Waals surface area contributed by atoms with Gasteiger partial charge in [-0.2, -0.15) is 0 Å². The molecule has 0 fully saturated rings. The molecule has 0 N–H and O–H groups in total. The minimum Gasteiger partial charge on any atom is -0.413 e. The van der Waals surface area contributed by atoms with Gasteiger partial charge in [0.05, 0.1) is 5.82 Å². The molecule has 0 unspecified atom stereocenters. The highest BCUT2D eigenvalue weighted by Gasteiger charge is 2.27. The van der Waals surface area contributed by atoms with E-state index in [1.54, 1.807) is 30.1 Å². The highest BCUT2D eigenvalue weighted by molar-refractivity contribution is 8.08. The van der Waals surface area contributed by atoms with Crippen LogP contribution in [0.4, 0.5) is 0 Å². The zero-order chi connectivity index (χ0) is 21.4. The van der Waals surface area contributed by atoms with Crippen molar-refractivity contribution >= 4 is 24.3 Å². The van der Waals surface area contributed by atoms with Gasteiger partial charge >= 0.3 is 7.60 Å². The minimum atomic E-state index is -3.70. The first-order chi connectivity index (χ1) is 15.2. The van der Waals surface area contributed by atoms with E-state index in [-0.39, 0.29) is 0 Å². The van der Waals surface area contributed by atoms with Crippen LogP contribution in [0, 0.1) is 0 Å². The summed E-state index contributed by atoms with van der Waals surface area (Å²) in [6.07, 6.45) is 0. The van der Waals surface area contributed by atoms with Crippen molar-refractivity contribution in [2.75, 3.05) is 0 Å². The summed E-state index contributed by atoms with van der Waals surface area (Å²) < 4.78 is 25.9. The Hall–Kier alpha value is -3.20. The number of hydrogen-bond donors (Lipinski definition) is 0. The van der Waals surface area contributed by atoms with Gasteiger partial charge in [0.1, 0.15) is 11.5 Å². The van der Waals surface area contributed by atoms with Crippen molar-refractivity contribution in [3.8, 4) is 11.5 Å². The normalized spacial score (nSPS) is 11.7. The predicted octanol–water partition coefficient (Wildman–Crippen LogP) is 8.13. The molecule has 0 aromatic heterocycles. The lowest BCUT2D eigenvalue weighted by Crippen LogP contribution is -1.99. The van der Waals surface area contributed by atoms with E-state index in [0.717, 1.165) is 15.4 Å². The van der Waals surface area contributed by atoms with Crippen molar-refractivity contribution < 1.29 is 13.6 Å². The van der Waals surface area contributed by atoms with Crippen LogP contribution in [0.2, 0.25) is 0 Å². The Morgan fingerprint density at radius 2 is 1.03 bits per heavy atom. The van der Waals surface area contributed by atoms with Gasteiger partial charge in [-0.05, 0) is 42.0 Å². The molecular formula is C26H21O3PS. The number of benzene rings is 4. The molecule has 0 bridgehead atoms. The summed E-state index contributed by atoms with van der Waals surface area (Å²) in [7, 11) is -3.70. The lowest BCUT2D eigenvalue weighted by Gasteiger charge is -2.19. The third-order valence-corrected chi connectivity index (χ3v) is 7.02. The summed E-state index contributed by atoms with van der Waals surface area (Å²) >= 11 is 1.52. The van der Waals surface area contributed by atoms with Crippen LogP contribution in [-0.2, 0) is 4.57 Å². The smallest absolute Gasteiger partial charge is 0.413 e. The molecule has 0 atom stereocenters.